The second-order valence-corrected chi connectivity index (χ2v) is 6.88. The first-order valence-corrected chi connectivity index (χ1v) is 8.68. The van der Waals surface area contributed by atoms with E-state index in [0.717, 1.165) is 11.3 Å². The van der Waals surface area contributed by atoms with Crippen molar-refractivity contribution in [3.8, 4) is 5.75 Å². The highest BCUT2D eigenvalue weighted by molar-refractivity contribution is 5.27. The Morgan fingerprint density at radius 1 is 1.12 bits per heavy atom. The molecule has 1 aromatic carbocycles. The summed E-state index contributed by atoms with van der Waals surface area (Å²) in [7, 11) is 0. The molecule has 0 saturated heterocycles. The fourth-order valence-corrected chi connectivity index (χ4v) is 2.75. The lowest BCUT2D eigenvalue weighted by molar-refractivity contribution is -0.0628. The number of halogens is 1. The largest absolute Gasteiger partial charge is 0.493 e. The van der Waals surface area contributed by atoms with E-state index in [9.17, 15) is 19.7 Å². The van der Waals surface area contributed by atoms with Gasteiger partial charge in [-0.25, -0.2) is 4.39 Å². The zero-order valence-electron chi connectivity index (χ0n) is 14.7. The molecule has 0 amide bonds. The van der Waals surface area contributed by atoms with Crippen molar-refractivity contribution in [1.29, 1.82) is 0 Å². The van der Waals surface area contributed by atoms with Crippen LogP contribution >= 0.6 is 0 Å². The molecule has 0 fully saturated rings. The Morgan fingerprint density at radius 3 is 2.40 bits per heavy atom. The second-order valence-electron chi connectivity index (χ2n) is 6.88. The fraction of sp³-hybridized carbons (Fsp3) is 0.579. The third-order valence-electron chi connectivity index (χ3n) is 4.27. The number of hydrogen-bond donors (Lipinski definition) is 4. The molecule has 25 heavy (non-hydrogen) atoms. The first-order valence-electron chi connectivity index (χ1n) is 8.68. The van der Waals surface area contributed by atoms with Crippen LogP contribution in [0.2, 0.25) is 0 Å². The summed E-state index contributed by atoms with van der Waals surface area (Å²) in [5.41, 5.74) is 1.20. The molecule has 140 valence electrons. The van der Waals surface area contributed by atoms with Crippen molar-refractivity contribution >= 4 is 0 Å². The van der Waals surface area contributed by atoms with Crippen molar-refractivity contribution in [2.45, 2.75) is 44.6 Å². The number of rotatable bonds is 8. The standard InChI is InChI=1S/C19H28FNO4/c1-12(2)11-25-15-5-3-13(4-6-15)7-8-21-16-9-14(10-20)17(22)19(24)18(16)23/h3-6,9,12,16-19,21-24H,7-8,10-11H2,1-2H3/t16-,17+,18+,19+/m1/s1. The molecule has 0 spiro atoms. The van der Waals surface area contributed by atoms with Crippen molar-refractivity contribution in [1.82, 2.24) is 5.32 Å². The smallest absolute Gasteiger partial charge is 0.119 e. The highest BCUT2D eigenvalue weighted by atomic mass is 19.1. The number of alkyl halides is 1. The molecule has 6 heteroatoms. The summed E-state index contributed by atoms with van der Waals surface area (Å²) < 4.78 is 18.5. The maximum Gasteiger partial charge on any atom is 0.119 e. The first-order chi connectivity index (χ1) is 11.9. The van der Waals surface area contributed by atoms with Crippen LogP contribution in [-0.2, 0) is 6.42 Å². The van der Waals surface area contributed by atoms with Gasteiger partial charge in [0, 0.05) is 0 Å². The van der Waals surface area contributed by atoms with Gasteiger partial charge in [0.15, 0.2) is 0 Å². The van der Waals surface area contributed by atoms with Crippen molar-refractivity contribution in [2.24, 2.45) is 5.92 Å². The minimum absolute atomic E-state index is 0.0990. The van der Waals surface area contributed by atoms with Crippen LogP contribution in [0.15, 0.2) is 35.9 Å². The summed E-state index contributed by atoms with van der Waals surface area (Å²) in [4.78, 5) is 0. The zero-order chi connectivity index (χ0) is 18.4. The number of aliphatic hydroxyl groups excluding tert-OH is 3. The van der Waals surface area contributed by atoms with Gasteiger partial charge in [-0.15, -0.1) is 0 Å². The fourth-order valence-electron chi connectivity index (χ4n) is 2.75. The molecule has 0 aliphatic heterocycles. The molecule has 4 N–H and O–H groups in total. The summed E-state index contributed by atoms with van der Waals surface area (Å²) in [6.07, 6.45) is -1.73. The Hall–Kier alpha value is -1.47. The first kappa shape index (κ1) is 19.8. The third-order valence-corrected chi connectivity index (χ3v) is 4.27. The summed E-state index contributed by atoms with van der Waals surface area (Å²) in [5, 5.41) is 32.6. The average Bonchev–Trinajstić information content (AvgIpc) is 2.61. The Labute approximate surface area is 148 Å². The predicted octanol–water partition coefficient (Wildman–Crippen LogP) is 1.21. The second kappa shape index (κ2) is 9.29. The van der Waals surface area contributed by atoms with Crippen molar-refractivity contribution in [3.05, 3.63) is 41.5 Å². The number of benzene rings is 1. The van der Waals surface area contributed by atoms with Gasteiger partial charge in [0.2, 0.25) is 0 Å². The Morgan fingerprint density at radius 2 is 1.80 bits per heavy atom. The monoisotopic (exact) mass is 353 g/mol. The van der Waals surface area contributed by atoms with Gasteiger partial charge in [-0.05, 0) is 42.2 Å². The van der Waals surface area contributed by atoms with E-state index in [1.165, 1.54) is 6.08 Å². The van der Waals surface area contributed by atoms with Crippen LogP contribution in [0.3, 0.4) is 0 Å². The summed E-state index contributed by atoms with van der Waals surface area (Å²) in [5.74, 6) is 1.31. The lowest BCUT2D eigenvalue weighted by Crippen LogP contribution is -2.54. The van der Waals surface area contributed by atoms with E-state index in [4.69, 9.17) is 4.74 Å². The number of nitrogens with one attached hydrogen (secondary N) is 1. The van der Waals surface area contributed by atoms with E-state index < -0.39 is 31.0 Å². The molecule has 0 aromatic heterocycles. The van der Waals surface area contributed by atoms with E-state index in [1.54, 1.807) is 0 Å². The minimum Gasteiger partial charge on any atom is -0.493 e. The van der Waals surface area contributed by atoms with Crippen molar-refractivity contribution in [3.63, 3.8) is 0 Å². The van der Waals surface area contributed by atoms with Crippen LogP contribution in [0.1, 0.15) is 19.4 Å². The minimum atomic E-state index is -1.38. The molecule has 5 nitrogen and oxygen atoms in total. The van der Waals surface area contributed by atoms with Gasteiger partial charge in [-0.1, -0.05) is 32.1 Å². The van der Waals surface area contributed by atoms with Gasteiger partial charge >= 0.3 is 0 Å². The molecule has 0 heterocycles. The van der Waals surface area contributed by atoms with E-state index in [-0.39, 0.29) is 5.57 Å². The molecule has 0 bridgehead atoms. The van der Waals surface area contributed by atoms with Gasteiger partial charge in [0.25, 0.3) is 0 Å². The van der Waals surface area contributed by atoms with Gasteiger partial charge in [-0.2, -0.15) is 0 Å². The molecule has 0 saturated carbocycles. The van der Waals surface area contributed by atoms with Crippen molar-refractivity contribution in [2.75, 3.05) is 19.8 Å². The molecule has 1 aromatic rings. The van der Waals surface area contributed by atoms with Crippen LogP contribution in [0.25, 0.3) is 0 Å². The third kappa shape index (κ3) is 5.51. The van der Waals surface area contributed by atoms with Crippen LogP contribution in [0.5, 0.6) is 5.75 Å². The number of aliphatic hydroxyl groups is 3. The molecular weight excluding hydrogens is 325 g/mol. The highest BCUT2D eigenvalue weighted by Gasteiger charge is 2.36. The van der Waals surface area contributed by atoms with Gasteiger partial charge in [0.1, 0.15) is 30.7 Å². The van der Waals surface area contributed by atoms with Crippen LogP contribution in [0, 0.1) is 5.92 Å². The Kier molecular flexibility index (Phi) is 7.38. The molecular formula is C19H28FNO4. The quantitative estimate of drug-likeness (QED) is 0.528. The Balaban J connectivity index is 1.84. The van der Waals surface area contributed by atoms with Gasteiger partial charge in [-0.3, -0.25) is 0 Å². The molecule has 1 aliphatic carbocycles. The number of ether oxygens (including phenoxy) is 1. The van der Waals surface area contributed by atoms with Crippen LogP contribution in [0.4, 0.5) is 4.39 Å². The maximum absolute atomic E-state index is 12.9. The van der Waals surface area contributed by atoms with Crippen molar-refractivity contribution < 1.29 is 24.4 Å². The molecule has 0 radical (unpaired) electrons. The zero-order valence-corrected chi connectivity index (χ0v) is 14.7. The molecule has 4 atom stereocenters. The highest BCUT2D eigenvalue weighted by Crippen LogP contribution is 2.21. The topological polar surface area (TPSA) is 82.0 Å². The van der Waals surface area contributed by atoms with Gasteiger partial charge in [0.05, 0.1) is 12.6 Å². The van der Waals surface area contributed by atoms with Crippen LogP contribution in [-0.4, -0.2) is 59.5 Å². The molecule has 1 aliphatic rings. The summed E-state index contributed by atoms with van der Waals surface area (Å²) in [6.45, 7) is 4.57. The van der Waals surface area contributed by atoms with Gasteiger partial charge < -0.3 is 25.4 Å². The summed E-state index contributed by atoms with van der Waals surface area (Å²) >= 11 is 0. The van der Waals surface area contributed by atoms with E-state index in [0.29, 0.717) is 25.5 Å². The average molecular weight is 353 g/mol. The van der Waals surface area contributed by atoms with E-state index in [2.05, 4.69) is 19.2 Å². The molecule has 0 unspecified atom stereocenters. The lowest BCUT2D eigenvalue weighted by Gasteiger charge is -2.34. The van der Waals surface area contributed by atoms with E-state index in [1.807, 2.05) is 24.3 Å². The van der Waals surface area contributed by atoms with E-state index >= 15 is 0 Å². The maximum atomic E-state index is 12.9. The summed E-state index contributed by atoms with van der Waals surface area (Å²) in [6, 6.07) is 7.23. The molecule has 2 rings (SSSR count). The normalized spacial score (nSPS) is 26.6. The lowest BCUT2D eigenvalue weighted by atomic mass is 9.88. The number of hydrogen-bond acceptors (Lipinski definition) is 5. The SMILES string of the molecule is CC(C)COc1ccc(CCN[C@@H]2C=C(CF)[C@H](O)[C@H](O)[C@H]2O)cc1. The van der Waals surface area contributed by atoms with Crippen LogP contribution < -0.4 is 10.1 Å². The predicted molar refractivity (Wildman–Crippen MR) is 94.3 cm³/mol. The Bertz CT molecular complexity index is 561.